The summed E-state index contributed by atoms with van der Waals surface area (Å²) in [6, 6.07) is 7.36. The van der Waals surface area contributed by atoms with Gasteiger partial charge < -0.3 is 0 Å². The van der Waals surface area contributed by atoms with Crippen molar-refractivity contribution in [1.82, 2.24) is 15.3 Å². The zero-order valence-corrected chi connectivity index (χ0v) is 13.0. The summed E-state index contributed by atoms with van der Waals surface area (Å²) in [5.74, 6) is -0.178. The molecule has 2 rings (SSSR count). The molecule has 6 heteroatoms. The van der Waals surface area contributed by atoms with Crippen molar-refractivity contribution in [2.75, 3.05) is 6.61 Å². The molecule has 1 aromatic carbocycles. The Hall–Kier alpha value is -1.85. The maximum absolute atomic E-state index is 12.1. The van der Waals surface area contributed by atoms with Crippen molar-refractivity contribution >= 4 is 17.5 Å². The smallest absolute Gasteiger partial charge is 0.274 e. The molecule has 0 saturated carbocycles. The van der Waals surface area contributed by atoms with Gasteiger partial charge in [0.2, 0.25) is 0 Å². The molecule has 0 saturated heterocycles. The van der Waals surface area contributed by atoms with Crippen LogP contribution < -0.4 is 5.48 Å². The number of aromatic nitrogens is 2. The lowest BCUT2D eigenvalue weighted by molar-refractivity contribution is 0.0363. The summed E-state index contributed by atoms with van der Waals surface area (Å²) in [6.07, 6.45) is 1.55. The van der Waals surface area contributed by atoms with Crippen molar-refractivity contribution in [1.29, 1.82) is 0 Å². The largest absolute Gasteiger partial charge is 0.278 e. The van der Waals surface area contributed by atoms with Crippen molar-refractivity contribution in [3.05, 3.63) is 46.7 Å². The molecule has 0 bridgehead atoms. The molecule has 1 heterocycles. The van der Waals surface area contributed by atoms with E-state index in [-0.39, 0.29) is 11.8 Å². The molecular weight excluding hydrogens is 290 g/mol. The highest BCUT2D eigenvalue weighted by Gasteiger charge is 2.21. The molecular formula is C15H18ClN3O2. The minimum Gasteiger partial charge on any atom is -0.274 e. The molecule has 1 aromatic heterocycles. The van der Waals surface area contributed by atoms with E-state index >= 15 is 0 Å². The predicted octanol–water partition coefficient (Wildman–Crippen LogP) is 3.33. The second kappa shape index (κ2) is 6.74. The Kier molecular flexibility index (Phi) is 4.98. The second-order valence-corrected chi connectivity index (χ2v) is 5.29. The molecule has 0 aliphatic heterocycles. The number of nitrogens with zero attached hydrogens (tertiary/aromatic N) is 2. The van der Waals surface area contributed by atoms with Gasteiger partial charge in [-0.1, -0.05) is 31.5 Å². The summed E-state index contributed by atoms with van der Waals surface area (Å²) in [5, 5.41) is 4.94. The van der Waals surface area contributed by atoms with E-state index in [0.717, 1.165) is 11.4 Å². The first-order valence-electron chi connectivity index (χ1n) is 6.80. The number of hydrogen-bond donors (Lipinski definition) is 1. The fourth-order valence-corrected chi connectivity index (χ4v) is 2.28. The first kappa shape index (κ1) is 15.5. The van der Waals surface area contributed by atoms with Gasteiger partial charge in [-0.3, -0.25) is 9.63 Å². The monoisotopic (exact) mass is 307 g/mol. The molecule has 0 radical (unpaired) electrons. The average molecular weight is 308 g/mol. The third-order valence-corrected chi connectivity index (χ3v) is 3.20. The van der Waals surface area contributed by atoms with Crippen LogP contribution in [0.1, 0.15) is 42.7 Å². The molecule has 0 atom stereocenters. The van der Waals surface area contributed by atoms with Crippen LogP contribution in [0, 0.1) is 0 Å². The molecule has 21 heavy (non-hydrogen) atoms. The van der Waals surface area contributed by atoms with Crippen LogP contribution in [0.3, 0.4) is 0 Å². The Labute approximate surface area is 128 Å². The minimum atomic E-state index is -0.297. The van der Waals surface area contributed by atoms with Crippen LogP contribution in [0.4, 0.5) is 0 Å². The Morgan fingerprint density at radius 2 is 2.24 bits per heavy atom. The SMILES string of the molecule is CCONC(=O)c1cnn(-c2cccc(Cl)c2)c1C(C)C. The van der Waals surface area contributed by atoms with E-state index in [1.54, 1.807) is 23.9 Å². The maximum atomic E-state index is 12.1. The molecule has 0 aliphatic rings. The van der Waals surface area contributed by atoms with Gasteiger partial charge in [-0.25, -0.2) is 10.2 Å². The van der Waals surface area contributed by atoms with Crippen molar-refractivity contribution in [2.45, 2.75) is 26.7 Å². The van der Waals surface area contributed by atoms with E-state index in [1.807, 2.05) is 32.0 Å². The molecule has 0 unspecified atom stereocenters. The van der Waals surface area contributed by atoms with Crippen LogP contribution in [0.25, 0.3) is 5.69 Å². The fourth-order valence-electron chi connectivity index (χ4n) is 2.09. The molecule has 1 N–H and O–H groups in total. The summed E-state index contributed by atoms with van der Waals surface area (Å²) in [6.45, 7) is 6.23. The Balaban J connectivity index is 2.44. The molecule has 112 valence electrons. The number of halogens is 1. The van der Waals surface area contributed by atoms with Gasteiger partial charge in [-0.2, -0.15) is 5.10 Å². The van der Waals surface area contributed by atoms with Gasteiger partial charge in [-0.15, -0.1) is 0 Å². The van der Waals surface area contributed by atoms with Gasteiger partial charge >= 0.3 is 0 Å². The predicted molar refractivity (Wildman–Crippen MR) is 81.8 cm³/mol. The summed E-state index contributed by atoms with van der Waals surface area (Å²) in [7, 11) is 0. The summed E-state index contributed by atoms with van der Waals surface area (Å²) in [5.41, 5.74) is 4.54. The minimum absolute atomic E-state index is 0.119. The van der Waals surface area contributed by atoms with Gasteiger partial charge in [0.1, 0.15) is 0 Å². The molecule has 2 aromatic rings. The van der Waals surface area contributed by atoms with Gasteiger partial charge in [0, 0.05) is 5.02 Å². The zero-order valence-electron chi connectivity index (χ0n) is 12.3. The lowest BCUT2D eigenvalue weighted by Gasteiger charge is -2.13. The van der Waals surface area contributed by atoms with E-state index in [2.05, 4.69) is 10.6 Å². The maximum Gasteiger partial charge on any atom is 0.278 e. The highest BCUT2D eigenvalue weighted by molar-refractivity contribution is 6.30. The summed E-state index contributed by atoms with van der Waals surface area (Å²) >= 11 is 6.02. The van der Waals surface area contributed by atoms with E-state index in [0.29, 0.717) is 17.2 Å². The first-order chi connectivity index (χ1) is 10.0. The highest BCUT2D eigenvalue weighted by Crippen LogP contribution is 2.24. The number of hydroxylamine groups is 1. The lowest BCUT2D eigenvalue weighted by atomic mass is 10.1. The van der Waals surface area contributed by atoms with Gasteiger partial charge in [0.15, 0.2) is 0 Å². The number of rotatable bonds is 5. The Morgan fingerprint density at radius 1 is 1.48 bits per heavy atom. The van der Waals surface area contributed by atoms with Crippen molar-refractivity contribution in [3.8, 4) is 5.69 Å². The third kappa shape index (κ3) is 3.43. The number of carbonyl (C=O) groups is 1. The van der Waals surface area contributed by atoms with E-state index in [9.17, 15) is 4.79 Å². The summed E-state index contributed by atoms with van der Waals surface area (Å²) in [4.78, 5) is 17.1. The Bertz CT molecular complexity index is 638. The average Bonchev–Trinajstić information content (AvgIpc) is 2.89. The van der Waals surface area contributed by atoms with Crippen molar-refractivity contribution < 1.29 is 9.63 Å². The second-order valence-electron chi connectivity index (χ2n) is 4.85. The van der Waals surface area contributed by atoms with E-state index in [4.69, 9.17) is 16.4 Å². The van der Waals surface area contributed by atoms with Crippen LogP contribution in [-0.2, 0) is 4.84 Å². The quantitative estimate of drug-likeness (QED) is 0.862. The number of hydrogen-bond acceptors (Lipinski definition) is 3. The number of amides is 1. The fraction of sp³-hybridized carbons (Fsp3) is 0.333. The summed E-state index contributed by atoms with van der Waals surface area (Å²) < 4.78 is 1.73. The van der Waals surface area contributed by atoms with Crippen LogP contribution in [0.2, 0.25) is 5.02 Å². The topological polar surface area (TPSA) is 56.1 Å². The molecule has 0 aliphatic carbocycles. The number of carbonyl (C=O) groups excluding carboxylic acids is 1. The standard InChI is InChI=1S/C15H18ClN3O2/c1-4-21-18-15(20)13-9-17-19(14(13)10(2)3)12-7-5-6-11(16)8-12/h5-10H,4H2,1-3H3,(H,18,20). The van der Waals surface area contributed by atoms with Crippen LogP contribution in [0.5, 0.6) is 0 Å². The Morgan fingerprint density at radius 3 is 2.86 bits per heavy atom. The van der Waals surface area contributed by atoms with Crippen LogP contribution in [-0.4, -0.2) is 22.3 Å². The van der Waals surface area contributed by atoms with E-state index in [1.165, 1.54) is 0 Å². The van der Waals surface area contributed by atoms with Gasteiger partial charge in [0.25, 0.3) is 5.91 Å². The van der Waals surface area contributed by atoms with Gasteiger partial charge in [-0.05, 0) is 31.0 Å². The normalized spacial score (nSPS) is 10.9. The number of benzene rings is 1. The third-order valence-electron chi connectivity index (χ3n) is 2.96. The van der Waals surface area contributed by atoms with Crippen LogP contribution >= 0.6 is 11.6 Å². The number of nitrogens with one attached hydrogen (secondary N) is 1. The lowest BCUT2D eigenvalue weighted by Crippen LogP contribution is -2.24. The van der Waals surface area contributed by atoms with E-state index < -0.39 is 0 Å². The molecule has 5 nitrogen and oxygen atoms in total. The molecule has 0 fully saturated rings. The first-order valence-corrected chi connectivity index (χ1v) is 7.18. The van der Waals surface area contributed by atoms with Crippen molar-refractivity contribution in [2.24, 2.45) is 0 Å². The molecule has 1 amide bonds. The van der Waals surface area contributed by atoms with Crippen LogP contribution in [0.15, 0.2) is 30.5 Å². The van der Waals surface area contributed by atoms with Gasteiger partial charge in [0.05, 0.1) is 29.7 Å². The zero-order chi connectivity index (χ0) is 15.4. The van der Waals surface area contributed by atoms with Crippen molar-refractivity contribution in [3.63, 3.8) is 0 Å². The molecule has 0 spiro atoms. The highest BCUT2D eigenvalue weighted by atomic mass is 35.5.